The van der Waals surface area contributed by atoms with Crippen molar-refractivity contribution in [2.45, 2.75) is 64.5 Å². The second kappa shape index (κ2) is 14.5. The van der Waals surface area contributed by atoms with Crippen LogP contribution >= 0.6 is 22.9 Å². The third-order valence-corrected chi connectivity index (χ3v) is 8.54. The molecule has 0 spiro atoms. The highest BCUT2D eigenvalue weighted by molar-refractivity contribution is 7.15. The molecule has 1 aliphatic heterocycles. The van der Waals surface area contributed by atoms with Crippen LogP contribution in [0.4, 0.5) is 8.78 Å². The Hall–Kier alpha value is -3.87. The topological polar surface area (TPSA) is 114 Å². The summed E-state index contributed by atoms with van der Waals surface area (Å²) in [4.78, 5) is 50.6. The fourth-order valence-corrected chi connectivity index (χ4v) is 6.43. The van der Waals surface area contributed by atoms with Crippen molar-refractivity contribution >= 4 is 46.8 Å². The first kappa shape index (κ1) is 34.0. The lowest BCUT2D eigenvalue weighted by molar-refractivity contribution is -0.273. The minimum Gasteiger partial charge on any atom is -0.463 e. The SMILES string of the molecule is CC(=O)OC[C@H]1OC[C@H](OC(C)=O)[C@](OC(C)=O)(c2ccc(Cl)c(Cc3ccc(-c4ccc(C(F)F)cc4)s3)c2)[C@@H]1OC(C)=O. The highest BCUT2D eigenvalue weighted by atomic mass is 35.5. The van der Waals surface area contributed by atoms with E-state index in [4.69, 9.17) is 35.3 Å². The lowest BCUT2D eigenvalue weighted by Gasteiger charge is -2.49. The summed E-state index contributed by atoms with van der Waals surface area (Å²) in [7, 11) is 0. The van der Waals surface area contributed by atoms with Crippen LogP contribution in [0.2, 0.25) is 5.02 Å². The smallest absolute Gasteiger partial charge is 0.303 e. The first-order chi connectivity index (χ1) is 21.3. The van der Waals surface area contributed by atoms with Crippen molar-refractivity contribution in [1.82, 2.24) is 0 Å². The van der Waals surface area contributed by atoms with E-state index < -0.39 is 54.2 Å². The van der Waals surface area contributed by atoms with E-state index in [2.05, 4.69) is 0 Å². The highest BCUT2D eigenvalue weighted by Crippen LogP contribution is 2.44. The molecule has 9 nitrogen and oxygen atoms in total. The molecule has 45 heavy (non-hydrogen) atoms. The largest absolute Gasteiger partial charge is 0.463 e. The lowest BCUT2D eigenvalue weighted by atomic mass is 9.77. The molecule has 0 saturated carbocycles. The van der Waals surface area contributed by atoms with Crippen LogP contribution in [0.15, 0.2) is 54.6 Å². The van der Waals surface area contributed by atoms with Gasteiger partial charge in [-0.15, -0.1) is 11.3 Å². The van der Waals surface area contributed by atoms with E-state index in [-0.39, 0.29) is 18.8 Å². The van der Waals surface area contributed by atoms with Gasteiger partial charge < -0.3 is 23.7 Å². The summed E-state index contributed by atoms with van der Waals surface area (Å²) in [6, 6.07) is 14.6. The van der Waals surface area contributed by atoms with Crippen molar-refractivity contribution in [3.8, 4) is 10.4 Å². The molecule has 1 fully saturated rings. The van der Waals surface area contributed by atoms with Crippen molar-refractivity contribution in [3.05, 3.63) is 81.2 Å². The van der Waals surface area contributed by atoms with E-state index in [9.17, 15) is 28.0 Å². The molecule has 0 unspecified atom stereocenters. The first-order valence-electron chi connectivity index (χ1n) is 13.8. The Balaban J connectivity index is 1.78. The molecule has 0 aliphatic carbocycles. The second-order valence-electron chi connectivity index (χ2n) is 10.4. The van der Waals surface area contributed by atoms with Gasteiger partial charge in [0.1, 0.15) is 12.7 Å². The first-order valence-corrected chi connectivity index (χ1v) is 15.0. The molecule has 240 valence electrons. The number of hydrogen-bond donors (Lipinski definition) is 0. The number of thiophene rings is 1. The number of benzene rings is 2. The molecule has 3 aromatic rings. The Kier molecular flexibility index (Phi) is 10.9. The van der Waals surface area contributed by atoms with Gasteiger partial charge in [0, 0.05) is 60.0 Å². The van der Waals surface area contributed by atoms with Gasteiger partial charge >= 0.3 is 23.9 Å². The molecular formula is C32H31ClF2O9S. The maximum atomic E-state index is 13.0. The molecule has 0 bridgehead atoms. The molecule has 0 radical (unpaired) electrons. The van der Waals surface area contributed by atoms with E-state index in [1.54, 1.807) is 30.3 Å². The van der Waals surface area contributed by atoms with Crippen LogP contribution in [0.25, 0.3) is 10.4 Å². The summed E-state index contributed by atoms with van der Waals surface area (Å²) < 4.78 is 54.2. The molecule has 0 amide bonds. The van der Waals surface area contributed by atoms with Crippen molar-refractivity contribution < 1.29 is 51.6 Å². The van der Waals surface area contributed by atoms with Crippen LogP contribution in [0.5, 0.6) is 0 Å². The summed E-state index contributed by atoms with van der Waals surface area (Å²) >= 11 is 8.08. The molecule has 1 saturated heterocycles. The maximum absolute atomic E-state index is 13.0. The van der Waals surface area contributed by atoms with E-state index in [1.807, 2.05) is 12.1 Å². The van der Waals surface area contributed by atoms with Gasteiger partial charge in [0.25, 0.3) is 6.43 Å². The Morgan fingerprint density at radius 2 is 1.62 bits per heavy atom. The minimum atomic E-state index is -2.56. The van der Waals surface area contributed by atoms with Gasteiger partial charge in [-0.05, 0) is 35.4 Å². The summed E-state index contributed by atoms with van der Waals surface area (Å²) in [5.41, 5.74) is -0.307. The van der Waals surface area contributed by atoms with Gasteiger partial charge in [0.05, 0.1) is 6.61 Å². The Labute approximate surface area is 267 Å². The zero-order valence-electron chi connectivity index (χ0n) is 24.8. The molecule has 1 aliphatic rings. The Morgan fingerprint density at radius 3 is 2.22 bits per heavy atom. The lowest BCUT2D eigenvalue weighted by Crippen LogP contribution is -2.65. The predicted molar refractivity (Wildman–Crippen MR) is 160 cm³/mol. The van der Waals surface area contributed by atoms with E-state index in [0.29, 0.717) is 22.6 Å². The summed E-state index contributed by atoms with van der Waals surface area (Å²) in [6.07, 6.45) is -6.01. The van der Waals surface area contributed by atoms with Gasteiger partial charge in [-0.3, -0.25) is 19.2 Å². The molecule has 1 aromatic heterocycles. The Morgan fingerprint density at radius 1 is 0.933 bits per heavy atom. The number of ether oxygens (including phenoxy) is 5. The number of carbonyl (C=O) groups excluding carboxylic acids is 4. The quantitative estimate of drug-likeness (QED) is 0.185. The van der Waals surface area contributed by atoms with E-state index >= 15 is 0 Å². The van der Waals surface area contributed by atoms with Crippen molar-refractivity contribution in [1.29, 1.82) is 0 Å². The third-order valence-electron chi connectivity index (χ3n) is 7.04. The van der Waals surface area contributed by atoms with Crippen LogP contribution in [0.1, 0.15) is 55.7 Å². The minimum absolute atomic E-state index is 0.0665. The average molecular weight is 665 g/mol. The molecule has 2 heterocycles. The van der Waals surface area contributed by atoms with Gasteiger partial charge in [-0.2, -0.15) is 0 Å². The van der Waals surface area contributed by atoms with Crippen LogP contribution in [0.3, 0.4) is 0 Å². The van der Waals surface area contributed by atoms with Crippen molar-refractivity contribution in [2.24, 2.45) is 0 Å². The molecular weight excluding hydrogens is 634 g/mol. The number of esters is 4. The summed E-state index contributed by atoms with van der Waals surface area (Å²) in [5.74, 6) is -2.84. The number of carbonyl (C=O) groups is 4. The zero-order valence-corrected chi connectivity index (χ0v) is 26.4. The van der Waals surface area contributed by atoms with Crippen molar-refractivity contribution in [2.75, 3.05) is 13.2 Å². The third kappa shape index (κ3) is 8.05. The molecule has 0 N–H and O–H groups in total. The number of alkyl halides is 2. The van der Waals surface area contributed by atoms with Gasteiger partial charge in [0.15, 0.2) is 12.2 Å². The molecule has 4 rings (SSSR count). The van der Waals surface area contributed by atoms with Gasteiger partial charge in [-0.1, -0.05) is 41.9 Å². The molecule has 13 heteroatoms. The number of rotatable bonds is 10. The fourth-order valence-electron chi connectivity index (χ4n) is 5.21. The second-order valence-corrected chi connectivity index (χ2v) is 11.9. The summed E-state index contributed by atoms with van der Waals surface area (Å²) in [5, 5.41) is 0.379. The standard InChI is InChI=1S/C32H31ClF2O9S/c1-17(36)40-15-27-30(43-19(3)38)32(44-20(4)39,29(16-41-27)42-18(2)37)24-9-11-26(33)23(13-24)14-25-10-12-28(45-25)21-5-7-22(8-6-21)31(34)35/h5-13,27,29-31H,14-16H2,1-4H3/t27-,29+,30-,32-/m1/s1. The van der Waals surface area contributed by atoms with E-state index in [1.165, 1.54) is 37.3 Å². The summed E-state index contributed by atoms with van der Waals surface area (Å²) in [6.45, 7) is 4.05. The van der Waals surface area contributed by atoms with Crippen LogP contribution in [-0.2, 0) is 54.9 Å². The Bertz CT molecular complexity index is 1560. The van der Waals surface area contributed by atoms with Gasteiger partial charge in [0.2, 0.25) is 5.60 Å². The zero-order chi connectivity index (χ0) is 32.9. The maximum Gasteiger partial charge on any atom is 0.303 e. The van der Waals surface area contributed by atoms with Crippen molar-refractivity contribution in [3.63, 3.8) is 0 Å². The normalized spacial score (nSPS) is 21.2. The van der Waals surface area contributed by atoms with Crippen LogP contribution in [-0.4, -0.2) is 55.4 Å². The van der Waals surface area contributed by atoms with Crippen LogP contribution < -0.4 is 0 Å². The van der Waals surface area contributed by atoms with E-state index in [0.717, 1.165) is 29.2 Å². The predicted octanol–water partition coefficient (Wildman–Crippen LogP) is 6.18. The average Bonchev–Trinajstić information content (AvgIpc) is 3.43. The number of hydrogen-bond acceptors (Lipinski definition) is 10. The monoisotopic (exact) mass is 664 g/mol. The van der Waals surface area contributed by atoms with Crippen LogP contribution in [0, 0.1) is 0 Å². The molecule has 4 atom stereocenters. The number of halogens is 3. The van der Waals surface area contributed by atoms with Gasteiger partial charge in [-0.25, -0.2) is 8.78 Å². The highest BCUT2D eigenvalue weighted by Gasteiger charge is 2.61. The fraction of sp³-hybridized carbons (Fsp3) is 0.375. The molecule has 2 aromatic carbocycles.